The second-order valence-electron chi connectivity index (χ2n) is 5.28. The van der Waals surface area contributed by atoms with E-state index in [2.05, 4.69) is 4.98 Å². The molecule has 6 heteroatoms. The van der Waals surface area contributed by atoms with Crippen molar-refractivity contribution in [2.45, 2.75) is 32.7 Å². The Morgan fingerprint density at radius 2 is 2.19 bits per heavy atom. The highest BCUT2D eigenvalue weighted by atomic mass is 35.5. The van der Waals surface area contributed by atoms with Crippen LogP contribution in [0.15, 0.2) is 18.2 Å². The van der Waals surface area contributed by atoms with Crippen molar-refractivity contribution in [1.82, 2.24) is 9.55 Å². The number of ether oxygens (including phenoxy) is 1. The standard InChI is InChI=1S/C15H20ClN3O2/c1-4-21-11-7-5-6-10-13(11)18-12(8-9-16)19(10)15(2,3)14(17)20/h5-7H,4,8-9H2,1-3H3,(H2,17,20). The number of benzene rings is 1. The van der Waals surface area contributed by atoms with E-state index in [4.69, 9.17) is 22.1 Å². The zero-order chi connectivity index (χ0) is 15.6. The number of hydrogen-bond acceptors (Lipinski definition) is 3. The maximum atomic E-state index is 11.8. The van der Waals surface area contributed by atoms with Gasteiger partial charge in [0.2, 0.25) is 5.91 Å². The Morgan fingerprint density at radius 3 is 2.76 bits per heavy atom. The summed E-state index contributed by atoms with van der Waals surface area (Å²) in [6.07, 6.45) is 0.554. The SMILES string of the molecule is CCOc1cccc2c1nc(CCCl)n2C(C)(C)C(N)=O. The van der Waals surface area contributed by atoms with Gasteiger partial charge < -0.3 is 15.0 Å². The smallest absolute Gasteiger partial charge is 0.243 e. The Hall–Kier alpha value is -1.75. The molecule has 1 aromatic carbocycles. The van der Waals surface area contributed by atoms with E-state index >= 15 is 0 Å². The van der Waals surface area contributed by atoms with E-state index in [1.54, 1.807) is 13.8 Å². The van der Waals surface area contributed by atoms with E-state index in [0.29, 0.717) is 24.7 Å². The number of imidazole rings is 1. The van der Waals surface area contributed by atoms with Crippen LogP contribution in [0, 0.1) is 0 Å². The predicted molar refractivity (Wildman–Crippen MR) is 83.8 cm³/mol. The zero-order valence-electron chi connectivity index (χ0n) is 12.5. The number of carbonyl (C=O) groups is 1. The van der Waals surface area contributed by atoms with Gasteiger partial charge in [-0.25, -0.2) is 4.98 Å². The molecule has 1 amide bonds. The Balaban J connectivity index is 2.75. The van der Waals surface area contributed by atoms with Gasteiger partial charge in [0.1, 0.15) is 22.6 Å². The molecule has 114 valence electrons. The van der Waals surface area contributed by atoms with Crippen LogP contribution in [0.5, 0.6) is 5.75 Å². The molecule has 0 saturated carbocycles. The molecule has 5 nitrogen and oxygen atoms in total. The van der Waals surface area contributed by atoms with Crippen molar-refractivity contribution in [2.75, 3.05) is 12.5 Å². The van der Waals surface area contributed by atoms with Gasteiger partial charge in [0, 0.05) is 12.3 Å². The summed E-state index contributed by atoms with van der Waals surface area (Å²) >= 11 is 5.87. The quantitative estimate of drug-likeness (QED) is 0.833. The third-order valence-electron chi connectivity index (χ3n) is 3.50. The molecule has 2 N–H and O–H groups in total. The lowest BCUT2D eigenvalue weighted by Gasteiger charge is -2.25. The highest BCUT2D eigenvalue weighted by molar-refractivity contribution is 6.18. The lowest BCUT2D eigenvalue weighted by atomic mass is 10.0. The summed E-state index contributed by atoms with van der Waals surface area (Å²) in [5.41, 5.74) is 6.23. The summed E-state index contributed by atoms with van der Waals surface area (Å²) in [5.74, 6) is 1.43. The molecule has 0 fully saturated rings. The first-order valence-electron chi connectivity index (χ1n) is 6.93. The second-order valence-corrected chi connectivity index (χ2v) is 5.66. The summed E-state index contributed by atoms with van der Waals surface area (Å²) in [4.78, 5) is 16.5. The van der Waals surface area contributed by atoms with Gasteiger partial charge in [-0.15, -0.1) is 11.6 Å². The number of halogens is 1. The number of aryl methyl sites for hydroxylation is 1. The van der Waals surface area contributed by atoms with Gasteiger partial charge in [-0.3, -0.25) is 4.79 Å². The summed E-state index contributed by atoms with van der Waals surface area (Å²) < 4.78 is 7.47. The fourth-order valence-electron chi connectivity index (χ4n) is 2.38. The van der Waals surface area contributed by atoms with Gasteiger partial charge in [-0.05, 0) is 32.9 Å². The molecule has 0 saturated heterocycles. The van der Waals surface area contributed by atoms with Crippen molar-refractivity contribution in [3.63, 3.8) is 0 Å². The van der Waals surface area contributed by atoms with Crippen LogP contribution in [0.4, 0.5) is 0 Å². The third-order valence-corrected chi connectivity index (χ3v) is 3.69. The Kier molecular flexibility index (Phi) is 4.42. The largest absolute Gasteiger partial charge is 0.492 e. The first kappa shape index (κ1) is 15.6. The van der Waals surface area contributed by atoms with E-state index in [0.717, 1.165) is 16.9 Å². The highest BCUT2D eigenvalue weighted by Gasteiger charge is 2.32. The van der Waals surface area contributed by atoms with Crippen molar-refractivity contribution in [1.29, 1.82) is 0 Å². The van der Waals surface area contributed by atoms with Crippen LogP contribution in [0.3, 0.4) is 0 Å². The Labute approximate surface area is 129 Å². The van der Waals surface area contributed by atoms with Gasteiger partial charge >= 0.3 is 0 Å². The molecule has 0 spiro atoms. The van der Waals surface area contributed by atoms with Crippen LogP contribution in [0.2, 0.25) is 0 Å². The van der Waals surface area contributed by atoms with Crippen molar-refractivity contribution < 1.29 is 9.53 Å². The topological polar surface area (TPSA) is 70.1 Å². The number of rotatable bonds is 6. The van der Waals surface area contributed by atoms with E-state index in [1.807, 2.05) is 29.7 Å². The van der Waals surface area contributed by atoms with Gasteiger partial charge in [0.05, 0.1) is 12.1 Å². The molecule has 0 bridgehead atoms. The number of aromatic nitrogens is 2. The number of primary amides is 1. The first-order chi connectivity index (χ1) is 9.93. The zero-order valence-corrected chi connectivity index (χ0v) is 13.3. The lowest BCUT2D eigenvalue weighted by molar-refractivity contribution is -0.125. The Morgan fingerprint density at radius 1 is 1.48 bits per heavy atom. The highest BCUT2D eigenvalue weighted by Crippen LogP contribution is 2.31. The van der Waals surface area contributed by atoms with Crippen molar-refractivity contribution in [3.05, 3.63) is 24.0 Å². The number of carbonyl (C=O) groups excluding carboxylic acids is 1. The number of nitrogens with zero attached hydrogens (tertiary/aromatic N) is 2. The molecule has 0 aliphatic heterocycles. The number of para-hydroxylation sites is 1. The van der Waals surface area contributed by atoms with Crippen molar-refractivity contribution >= 4 is 28.5 Å². The fraction of sp³-hybridized carbons (Fsp3) is 0.467. The van der Waals surface area contributed by atoms with Crippen LogP contribution >= 0.6 is 11.6 Å². The Bertz CT molecular complexity index is 664. The predicted octanol–water partition coefficient (Wildman–Crippen LogP) is 2.44. The van der Waals surface area contributed by atoms with Gasteiger partial charge in [-0.1, -0.05) is 6.07 Å². The molecule has 0 atom stereocenters. The minimum absolute atomic E-state index is 0.417. The van der Waals surface area contributed by atoms with E-state index in [1.165, 1.54) is 0 Å². The average molecular weight is 310 g/mol. The summed E-state index contributed by atoms with van der Waals surface area (Å²) in [6, 6.07) is 5.66. The van der Waals surface area contributed by atoms with Crippen LogP contribution < -0.4 is 10.5 Å². The number of alkyl halides is 1. The van der Waals surface area contributed by atoms with Crippen LogP contribution in [-0.4, -0.2) is 27.9 Å². The number of hydrogen-bond donors (Lipinski definition) is 1. The van der Waals surface area contributed by atoms with Crippen LogP contribution in [0.1, 0.15) is 26.6 Å². The lowest BCUT2D eigenvalue weighted by Crippen LogP contribution is -2.42. The van der Waals surface area contributed by atoms with E-state index in [-0.39, 0.29) is 0 Å². The van der Waals surface area contributed by atoms with Gasteiger partial charge in [0.25, 0.3) is 0 Å². The first-order valence-corrected chi connectivity index (χ1v) is 7.46. The second kappa shape index (κ2) is 5.93. The fourth-order valence-corrected chi connectivity index (χ4v) is 2.55. The molecule has 0 radical (unpaired) electrons. The molecule has 0 aliphatic carbocycles. The van der Waals surface area contributed by atoms with Gasteiger partial charge in [-0.2, -0.15) is 0 Å². The van der Waals surface area contributed by atoms with Crippen LogP contribution in [-0.2, 0) is 16.8 Å². The number of nitrogens with two attached hydrogens (primary N) is 1. The van der Waals surface area contributed by atoms with Crippen molar-refractivity contribution in [2.24, 2.45) is 5.73 Å². The summed E-state index contributed by atoms with van der Waals surface area (Å²) in [5, 5.41) is 0. The maximum absolute atomic E-state index is 11.8. The van der Waals surface area contributed by atoms with E-state index in [9.17, 15) is 4.79 Å². The van der Waals surface area contributed by atoms with Gasteiger partial charge in [0.15, 0.2) is 0 Å². The van der Waals surface area contributed by atoms with Crippen LogP contribution in [0.25, 0.3) is 11.0 Å². The number of amides is 1. The molecule has 1 aromatic heterocycles. The minimum Gasteiger partial charge on any atom is -0.492 e. The molecule has 1 heterocycles. The minimum atomic E-state index is -0.888. The third kappa shape index (κ3) is 2.70. The van der Waals surface area contributed by atoms with E-state index < -0.39 is 11.4 Å². The van der Waals surface area contributed by atoms with Crippen molar-refractivity contribution in [3.8, 4) is 5.75 Å². The maximum Gasteiger partial charge on any atom is 0.243 e. The molecule has 2 rings (SSSR count). The number of fused-ring (bicyclic) bond motifs is 1. The normalized spacial score (nSPS) is 11.8. The summed E-state index contributed by atoms with van der Waals surface area (Å²) in [7, 11) is 0. The molecular weight excluding hydrogens is 290 g/mol. The summed E-state index contributed by atoms with van der Waals surface area (Å²) in [6.45, 7) is 6.03. The molecule has 0 unspecified atom stereocenters. The molecule has 0 aliphatic rings. The monoisotopic (exact) mass is 309 g/mol. The average Bonchev–Trinajstić information content (AvgIpc) is 2.79. The molecular formula is C15H20ClN3O2. The molecule has 2 aromatic rings. The molecule has 21 heavy (non-hydrogen) atoms.